The minimum atomic E-state index is 0.456. The van der Waals surface area contributed by atoms with Gasteiger partial charge in [0.1, 0.15) is 18.1 Å². The van der Waals surface area contributed by atoms with Crippen LogP contribution in [0.5, 0.6) is 11.5 Å². The van der Waals surface area contributed by atoms with Crippen LogP contribution in [0.25, 0.3) is 0 Å². The standard InChI is InChI=1S/C15H18BrNO2S/c1-2-7-18-12-4-3-11(9-17)14(8-12)19-10-13-5-6-15(16)20-13/h3-6,8H,2,7,9-10,17H2,1H3. The summed E-state index contributed by atoms with van der Waals surface area (Å²) in [6, 6.07) is 9.89. The van der Waals surface area contributed by atoms with Crippen molar-refractivity contribution in [3.63, 3.8) is 0 Å². The van der Waals surface area contributed by atoms with E-state index in [2.05, 4.69) is 22.9 Å². The number of halogens is 1. The highest BCUT2D eigenvalue weighted by molar-refractivity contribution is 9.11. The SMILES string of the molecule is CCCOc1ccc(CN)c(OCc2ccc(Br)s2)c1. The Morgan fingerprint density at radius 1 is 1.20 bits per heavy atom. The molecule has 1 aromatic heterocycles. The van der Waals surface area contributed by atoms with Crippen molar-refractivity contribution in [2.75, 3.05) is 6.61 Å². The van der Waals surface area contributed by atoms with Crippen LogP contribution in [0, 0.1) is 0 Å². The molecule has 2 N–H and O–H groups in total. The summed E-state index contributed by atoms with van der Waals surface area (Å²) < 4.78 is 12.6. The van der Waals surface area contributed by atoms with Crippen LogP contribution in [0.1, 0.15) is 23.8 Å². The molecule has 0 unspecified atom stereocenters. The van der Waals surface area contributed by atoms with Gasteiger partial charge in [-0.05, 0) is 40.5 Å². The molecule has 0 amide bonds. The smallest absolute Gasteiger partial charge is 0.128 e. The molecule has 0 fully saturated rings. The molecular weight excluding hydrogens is 338 g/mol. The van der Waals surface area contributed by atoms with Gasteiger partial charge in [0.15, 0.2) is 0 Å². The van der Waals surface area contributed by atoms with Gasteiger partial charge in [0.05, 0.1) is 10.4 Å². The quantitative estimate of drug-likeness (QED) is 0.803. The van der Waals surface area contributed by atoms with Crippen molar-refractivity contribution >= 4 is 27.3 Å². The van der Waals surface area contributed by atoms with Crippen LogP contribution in [0.4, 0.5) is 0 Å². The highest BCUT2D eigenvalue weighted by atomic mass is 79.9. The predicted molar refractivity (Wildman–Crippen MR) is 86.5 cm³/mol. The predicted octanol–water partition coefficient (Wildman–Crippen LogP) is 4.34. The molecule has 108 valence electrons. The van der Waals surface area contributed by atoms with E-state index in [0.717, 1.165) is 27.3 Å². The topological polar surface area (TPSA) is 44.5 Å². The monoisotopic (exact) mass is 355 g/mol. The molecule has 0 spiro atoms. The zero-order chi connectivity index (χ0) is 14.4. The van der Waals surface area contributed by atoms with Crippen molar-refractivity contribution < 1.29 is 9.47 Å². The van der Waals surface area contributed by atoms with Crippen molar-refractivity contribution in [2.24, 2.45) is 5.73 Å². The average molecular weight is 356 g/mol. The summed E-state index contributed by atoms with van der Waals surface area (Å²) in [5.74, 6) is 1.62. The third-order valence-corrected chi connectivity index (χ3v) is 4.33. The molecular formula is C15H18BrNO2S. The molecule has 0 saturated carbocycles. The first-order valence-electron chi connectivity index (χ1n) is 6.55. The Balaban J connectivity index is 2.07. The Hall–Kier alpha value is -1.04. The Labute approximate surface area is 131 Å². The van der Waals surface area contributed by atoms with Gasteiger partial charge in [-0.25, -0.2) is 0 Å². The number of hydrogen-bond donors (Lipinski definition) is 1. The fourth-order valence-electron chi connectivity index (χ4n) is 1.73. The molecule has 0 radical (unpaired) electrons. The van der Waals surface area contributed by atoms with Gasteiger partial charge in [-0.3, -0.25) is 0 Å². The zero-order valence-corrected chi connectivity index (χ0v) is 13.8. The molecule has 0 aliphatic carbocycles. The van der Waals surface area contributed by atoms with Gasteiger partial charge < -0.3 is 15.2 Å². The first-order chi connectivity index (χ1) is 9.72. The molecule has 0 aliphatic heterocycles. The molecule has 0 atom stereocenters. The van der Waals surface area contributed by atoms with Crippen LogP contribution in [0.15, 0.2) is 34.1 Å². The van der Waals surface area contributed by atoms with Crippen LogP contribution in [0.2, 0.25) is 0 Å². The number of benzene rings is 1. The van der Waals surface area contributed by atoms with Crippen molar-refractivity contribution in [1.29, 1.82) is 0 Å². The third kappa shape index (κ3) is 4.23. The van der Waals surface area contributed by atoms with Crippen molar-refractivity contribution in [3.05, 3.63) is 44.6 Å². The Bertz CT molecular complexity index is 557. The van der Waals surface area contributed by atoms with E-state index in [1.54, 1.807) is 11.3 Å². The largest absolute Gasteiger partial charge is 0.493 e. The first kappa shape index (κ1) is 15.4. The average Bonchev–Trinajstić information content (AvgIpc) is 2.88. The van der Waals surface area contributed by atoms with Crippen molar-refractivity contribution in [2.45, 2.75) is 26.5 Å². The number of ether oxygens (including phenoxy) is 2. The van der Waals surface area contributed by atoms with Gasteiger partial charge >= 0.3 is 0 Å². The Morgan fingerprint density at radius 2 is 2.05 bits per heavy atom. The van der Waals surface area contributed by atoms with E-state index >= 15 is 0 Å². The second kappa shape index (κ2) is 7.67. The molecule has 0 aliphatic rings. The maximum Gasteiger partial charge on any atom is 0.128 e. The van der Waals surface area contributed by atoms with Crippen LogP contribution in [-0.2, 0) is 13.2 Å². The first-order valence-corrected chi connectivity index (χ1v) is 8.16. The minimum Gasteiger partial charge on any atom is -0.493 e. The van der Waals surface area contributed by atoms with Crippen LogP contribution >= 0.6 is 27.3 Å². The van der Waals surface area contributed by atoms with Crippen molar-refractivity contribution in [3.8, 4) is 11.5 Å². The summed E-state index contributed by atoms with van der Waals surface area (Å²) in [4.78, 5) is 1.17. The maximum absolute atomic E-state index is 5.88. The second-order valence-electron chi connectivity index (χ2n) is 4.32. The molecule has 20 heavy (non-hydrogen) atoms. The molecule has 0 saturated heterocycles. The second-order valence-corrected chi connectivity index (χ2v) is 6.86. The molecule has 1 heterocycles. The minimum absolute atomic E-state index is 0.456. The van der Waals surface area contributed by atoms with Crippen LogP contribution < -0.4 is 15.2 Å². The van der Waals surface area contributed by atoms with Crippen LogP contribution in [0.3, 0.4) is 0 Å². The summed E-state index contributed by atoms with van der Waals surface area (Å²) >= 11 is 5.12. The summed E-state index contributed by atoms with van der Waals surface area (Å²) in [5.41, 5.74) is 6.74. The number of hydrogen-bond acceptors (Lipinski definition) is 4. The molecule has 5 heteroatoms. The van der Waals surface area contributed by atoms with E-state index in [9.17, 15) is 0 Å². The van der Waals surface area contributed by atoms with E-state index in [1.807, 2.05) is 30.3 Å². The maximum atomic E-state index is 5.88. The lowest BCUT2D eigenvalue weighted by atomic mass is 10.2. The fourth-order valence-corrected chi connectivity index (χ4v) is 3.12. The van der Waals surface area contributed by atoms with E-state index in [4.69, 9.17) is 15.2 Å². The number of rotatable bonds is 7. The summed E-state index contributed by atoms with van der Waals surface area (Å²) in [7, 11) is 0. The van der Waals surface area contributed by atoms with Crippen molar-refractivity contribution in [1.82, 2.24) is 0 Å². The number of nitrogens with two attached hydrogens (primary N) is 1. The summed E-state index contributed by atoms with van der Waals surface area (Å²) in [5, 5.41) is 0. The number of thiophene rings is 1. The normalized spacial score (nSPS) is 10.6. The molecule has 0 bridgehead atoms. The van der Waals surface area contributed by atoms with E-state index in [-0.39, 0.29) is 0 Å². The van der Waals surface area contributed by atoms with Gasteiger partial charge in [0.2, 0.25) is 0 Å². The summed E-state index contributed by atoms with van der Waals surface area (Å²) in [6.45, 7) is 3.79. The molecule has 2 rings (SSSR count). The molecule has 3 nitrogen and oxygen atoms in total. The summed E-state index contributed by atoms with van der Waals surface area (Å²) in [6.07, 6.45) is 0.984. The Morgan fingerprint density at radius 3 is 2.70 bits per heavy atom. The van der Waals surface area contributed by atoms with Gasteiger partial charge in [-0.15, -0.1) is 11.3 Å². The van der Waals surface area contributed by atoms with Gasteiger partial charge in [0.25, 0.3) is 0 Å². The molecule has 1 aromatic carbocycles. The van der Waals surface area contributed by atoms with E-state index in [0.29, 0.717) is 19.8 Å². The molecule has 2 aromatic rings. The van der Waals surface area contributed by atoms with Gasteiger partial charge in [-0.1, -0.05) is 13.0 Å². The highest BCUT2D eigenvalue weighted by Gasteiger charge is 2.06. The lowest BCUT2D eigenvalue weighted by Crippen LogP contribution is -2.03. The Kier molecular flexibility index (Phi) is 5.88. The third-order valence-electron chi connectivity index (χ3n) is 2.73. The van der Waals surface area contributed by atoms with E-state index < -0.39 is 0 Å². The zero-order valence-electron chi connectivity index (χ0n) is 11.4. The lowest BCUT2D eigenvalue weighted by Gasteiger charge is -2.12. The van der Waals surface area contributed by atoms with E-state index in [1.165, 1.54) is 4.88 Å². The van der Waals surface area contributed by atoms with Crippen LogP contribution in [-0.4, -0.2) is 6.61 Å². The lowest BCUT2D eigenvalue weighted by molar-refractivity contribution is 0.294. The van der Waals surface area contributed by atoms with Gasteiger partial charge in [0, 0.05) is 23.1 Å². The highest BCUT2D eigenvalue weighted by Crippen LogP contribution is 2.28. The fraction of sp³-hybridized carbons (Fsp3) is 0.333. The van der Waals surface area contributed by atoms with Gasteiger partial charge in [-0.2, -0.15) is 0 Å².